The summed E-state index contributed by atoms with van der Waals surface area (Å²) in [7, 11) is 0. The summed E-state index contributed by atoms with van der Waals surface area (Å²) in [5.41, 5.74) is 11.2. The summed E-state index contributed by atoms with van der Waals surface area (Å²) in [5.74, 6) is 0.422. The normalized spacial score (nSPS) is 12.9. The fraction of sp³-hybridized carbons (Fsp3) is 0. The molecule has 0 spiro atoms. The van der Waals surface area contributed by atoms with Crippen molar-refractivity contribution in [1.29, 1.82) is 0 Å². The highest BCUT2D eigenvalue weighted by molar-refractivity contribution is 5.99. The molecule has 5 aromatic rings. The van der Waals surface area contributed by atoms with Crippen molar-refractivity contribution in [2.75, 3.05) is 0 Å². The Bertz CT molecular complexity index is 1580. The van der Waals surface area contributed by atoms with Crippen LogP contribution in [0.1, 0.15) is 10.5 Å². The first-order valence-electron chi connectivity index (χ1n) is 10.3. The lowest BCUT2D eigenvalue weighted by molar-refractivity contribution is 0.0962. The van der Waals surface area contributed by atoms with E-state index in [2.05, 4.69) is 36.3 Å². The largest absolute Gasteiger partial charge is 0.351 e. The number of carbonyl (C=O) groups excluding carboxylic acids is 1. The van der Waals surface area contributed by atoms with Crippen LogP contribution in [0.15, 0.2) is 85.1 Å². The van der Waals surface area contributed by atoms with E-state index >= 15 is 0 Å². The van der Waals surface area contributed by atoms with Crippen LogP contribution in [-0.4, -0.2) is 31.1 Å². The maximum Gasteiger partial charge on any atom is 0.272 e. The zero-order chi connectivity index (χ0) is 22.2. The predicted octanol–water partition coefficient (Wildman–Crippen LogP) is 3.36. The van der Waals surface area contributed by atoms with Crippen LogP contribution >= 0.6 is 0 Å². The Morgan fingerprint density at radius 1 is 0.909 bits per heavy atom. The Balaban J connectivity index is 1.30. The molecule has 5 N–H and O–H groups in total. The molecule has 0 bridgehead atoms. The number of nitrogens with zero attached hydrogens (tertiary/aromatic N) is 3. The molecule has 33 heavy (non-hydrogen) atoms. The van der Waals surface area contributed by atoms with Crippen molar-refractivity contribution in [3.05, 3.63) is 90.8 Å². The zero-order valence-electron chi connectivity index (χ0n) is 17.3. The molecule has 9 nitrogen and oxygen atoms in total. The van der Waals surface area contributed by atoms with Gasteiger partial charge in [-0.2, -0.15) is 5.10 Å². The second kappa shape index (κ2) is 7.65. The van der Waals surface area contributed by atoms with E-state index in [-0.39, 0.29) is 5.91 Å². The van der Waals surface area contributed by atoms with Crippen LogP contribution in [0, 0.1) is 0 Å². The molecule has 1 aliphatic rings. The van der Waals surface area contributed by atoms with Gasteiger partial charge in [-0.3, -0.25) is 9.89 Å². The molecule has 160 valence electrons. The second-order valence-electron chi connectivity index (χ2n) is 7.60. The van der Waals surface area contributed by atoms with E-state index in [9.17, 15) is 4.79 Å². The van der Waals surface area contributed by atoms with Crippen LogP contribution in [0.2, 0.25) is 0 Å². The molecule has 9 heteroatoms. The maximum atomic E-state index is 12.6. The fourth-order valence-electron chi connectivity index (χ4n) is 3.77. The number of fused-ring (bicyclic) bond motifs is 2. The lowest BCUT2D eigenvalue weighted by atomic mass is 10.1. The SMILES string of the molecule is O=C(NC1=CNNC=C1)c1cc2ccc(-c3ccnc(-c4ccc5[nH]ncc5c4)n3)cc2[nH]1. The fourth-order valence-corrected chi connectivity index (χ4v) is 3.77. The number of aromatic nitrogens is 5. The maximum absolute atomic E-state index is 12.6. The van der Waals surface area contributed by atoms with Gasteiger partial charge in [0.2, 0.25) is 0 Å². The van der Waals surface area contributed by atoms with Gasteiger partial charge in [0.05, 0.1) is 23.1 Å². The van der Waals surface area contributed by atoms with Gasteiger partial charge >= 0.3 is 0 Å². The van der Waals surface area contributed by atoms with Crippen molar-refractivity contribution in [1.82, 2.24) is 41.3 Å². The number of H-pyrrole nitrogens is 2. The Labute approximate surface area is 187 Å². The van der Waals surface area contributed by atoms with Gasteiger partial charge < -0.3 is 21.2 Å². The Hall–Kier alpha value is -4.92. The van der Waals surface area contributed by atoms with E-state index in [1.807, 2.05) is 48.5 Å². The molecule has 1 aliphatic heterocycles. The Morgan fingerprint density at radius 3 is 2.76 bits per heavy atom. The number of aromatic amines is 2. The number of hydrogen-bond acceptors (Lipinski definition) is 6. The van der Waals surface area contributed by atoms with E-state index in [1.165, 1.54) is 0 Å². The molecule has 0 saturated carbocycles. The highest BCUT2D eigenvalue weighted by Gasteiger charge is 2.13. The number of rotatable bonds is 4. The average molecular weight is 434 g/mol. The lowest BCUT2D eigenvalue weighted by Gasteiger charge is -2.10. The smallest absolute Gasteiger partial charge is 0.272 e. The number of amides is 1. The van der Waals surface area contributed by atoms with E-state index in [0.717, 1.165) is 38.6 Å². The minimum Gasteiger partial charge on any atom is -0.351 e. The van der Waals surface area contributed by atoms with Crippen molar-refractivity contribution < 1.29 is 4.79 Å². The second-order valence-corrected chi connectivity index (χ2v) is 7.60. The van der Waals surface area contributed by atoms with Crippen molar-refractivity contribution in [3.8, 4) is 22.6 Å². The molecule has 0 radical (unpaired) electrons. The quantitative estimate of drug-likeness (QED) is 0.296. The first-order chi connectivity index (χ1) is 16.2. The topological polar surface area (TPSA) is 123 Å². The van der Waals surface area contributed by atoms with Gasteiger partial charge in [-0.1, -0.05) is 12.1 Å². The highest BCUT2D eigenvalue weighted by Crippen LogP contribution is 2.26. The molecular formula is C24H18N8O. The molecule has 0 aliphatic carbocycles. The Morgan fingerprint density at radius 2 is 1.85 bits per heavy atom. The van der Waals surface area contributed by atoms with Gasteiger partial charge in [-0.05, 0) is 42.5 Å². The molecule has 0 unspecified atom stereocenters. The summed E-state index contributed by atoms with van der Waals surface area (Å²) in [4.78, 5) is 25.0. The summed E-state index contributed by atoms with van der Waals surface area (Å²) >= 11 is 0. The van der Waals surface area contributed by atoms with E-state index in [0.29, 0.717) is 17.2 Å². The van der Waals surface area contributed by atoms with Gasteiger partial charge in [0, 0.05) is 46.0 Å². The number of benzene rings is 2. The van der Waals surface area contributed by atoms with Gasteiger partial charge in [0.1, 0.15) is 5.69 Å². The molecule has 2 aromatic carbocycles. The zero-order valence-corrected chi connectivity index (χ0v) is 17.3. The minimum absolute atomic E-state index is 0.216. The van der Waals surface area contributed by atoms with E-state index in [4.69, 9.17) is 4.98 Å². The monoisotopic (exact) mass is 434 g/mol. The highest BCUT2D eigenvalue weighted by atomic mass is 16.1. The van der Waals surface area contributed by atoms with Crippen molar-refractivity contribution in [3.63, 3.8) is 0 Å². The molecule has 0 saturated heterocycles. The molecule has 6 rings (SSSR count). The van der Waals surface area contributed by atoms with Crippen molar-refractivity contribution in [2.45, 2.75) is 0 Å². The van der Waals surface area contributed by atoms with Gasteiger partial charge in [-0.15, -0.1) is 0 Å². The molecular weight excluding hydrogens is 416 g/mol. The lowest BCUT2D eigenvalue weighted by Crippen LogP contribution is -2.30. The summed E-state index contributed by atoms with van der Waals surface area (Å²) in [6.45, 7) is 0. The summed E-state index contributed by atoms with van der Waals surface area (Å²) in [6, 6.07) is 15.6. The van der Waals surface area contributed by atoms with Gasteiger partial charge in [-0.25, -0.2) is 9.97 Å². The third kappa shape index (κ3) is 3.57. The van der Waals surface area contributed by atoms with Crippen molar-refractivity contribution >= 4 is 27.7 Å². The molecule has 0 atom stereocenters. The predicted molar refractivity (Wildman–Crippen MR) is 125 cm³/mol. The van der Waals surface area contributed by atoms with E-state index in [1.54, 1.807) is 30.9 Å². The Kier molecular flexibility index (Phi) is 4.36. The number of carbonyl (C=O) groups is 1. The van der Waals surface area contributed by atoms with Crippen LogP contribution in [0.4, 0.5) is 0 Å². The minimum atomic E-state index is -0.216. The first kappa shape index (κ1) is 18.8. The molecule has 4 heterocycles. The van der Waals surface area contributed by atoms with Crippen LogP contribution < -0.4 is 16.2 Å². The number of hydrazine groups is 1. The van der Waals surface area contributed by atoms with Crippen LogP contribution in [0.3, 0.4) is 0 Å². The number of hydrogen-bond donors (Lipinski definition) is 5. The third-order valence-electron chi connectivity index (χ3n) is 5.43. The van der Waals surface area contributed by atoms with Gasteiger partial charge in [0.25, 0.3) is 5.91 Å². The number of allylic oxidation sites excluding steroid dienone is 1. The molecule has 3 aromatic heterocycles. The van der Waals surface area contributed by atoms with E-state index < -0.39 is 0 Å². The van der Waals surface area contributed by atoms with Crippen LogP contribution in [0.5, 0.6) is 0 Å². The summed E-state index contributed by atoms with van der Waals surface area (Å²) in [5, 5.41) is 11.8. The molecule has 0 fully saturated rings. The third-order valence-corrected chi connectivity index (χ3v) is 5.43. The van der Waals surface area contributed by atoms with Crippen LogP contribution in [0.25, 0.3) is 44.5 Å². The van der Waals surface area contributed by atoms with Crippen molar-refractivity contribution in [2.24, 2.45) is 0 Å². The number of nitrogens with one attached hydrogen (secondary N) is 5. The first-order valence-corrected chi connectivity index (χ1v) is 10.3. The summed E-state index contributed by atoms with van der Waals surface area (Å²) in [6.07, 6.45) is 8.69. The summed E-state index contributed by atoms with van der Waals surface area (Å²) < 4.78 is 0. The average Bonchev–Trinajstić information content (AvgIpc) is 3.51. The van der Waals surface area contributed by atoms with Crippen LogP contribution in [-0.2, 0) is 0 Å². The van der Waals surface area contributed by atoms with Gasteiger partial charge in [0.15, 0.2) is 5.82 Å². The molecule has 1 amide bonds. The standard InChI is InChI=1S/C24H18N8O/c33-24(29-18-5-8-26-27-13-18)22-11-15-2-1-14(10-21(15)30-22)19-6-7-25-23(31-19)16-3-4-20-17(9-16)12-28-32-20/h1-13,26-27,30H,(H,28,32)(H,29,33).